The van der Waals surface area contributed by atoms with Crippen molar-refractivity contribution in [3.8, 4) is 0 Å². The van der Waals surface area contributed by atoms with Gasteiger partial charge in [0, 0.05) is 0 Å². The third kappa shape index (κ3) is 5.84. The zero-order valence-electron chi connectivity index (χ0n) is 16.1. The smallest absolute Gasteiger partial charge is 0.308 e. The molecule has 5 heteroatoms. The van der Waals surface area contributed by atoms with E-state index in [9.17, 15) is 9.59 Å². The Morgan fingerprint density at radius 1 is 1.23 bits per heavy atom. The van der Waals surface area contributed by atoms with E-state index in [0.29, 0.717) is 17.8 Å². The summed E-state index contributed by atoms with van der Waals surface area (Å²) in [7, 11) is 0. The zero-order valence-corrected chi connectivity index (χ0v) is 16.1. The van der Waals surface area contributed by atoms with Crippen molar-refractivity contribution in [2.24, 2.45) is 23.5 Å². The highest BCUT2D eigenvalue weighted by molar-refractivity contribution is 5.79. The van der Waals surface area contributed by atoms with Crippen LogP contribution >= 0.6 is 0 Å². The SMILES string of the molecule is CC(C)C1CC[C@@H](C)C[C@@H]1OC(=O)C[C@@H](NC(=O)CN)c1ccccc1. The predicted octanol–water partition coefficient (Wildman–Crippen LogP) is 3.20. The number of hydrogen-bond donors (Lipinski definition) is 2. The molecule has 1 amide bonds. The Balaban J connectivity index is 2.04. The van der Waals surface area contributed by atoms with Gasteiger partial charge in [0.05, 0.1) is 19.0 Å². The molecular formula is C21H32N2O3. The van der Waals surface area contributed by atoms with E-state index in [1.807, 2.05) is 30.3 Å². The first-order chi connectivity index (χ1) is 12.4. The number of nitrogens with one attached hydrogen (secondary N) is 1. The van der Waals surface area contributed by atoms with Crippen molar-refractivity contribution in [3.05, 3.63) is 35.9 Å². The number of nitrogens with two attached hydrogens (primary N) is 1. The zero-order chi connectivity index (χ0) is 19.1. The summed E-state index contributed by atoms with van der Waals surface area (Å²) < 4.78 is 5.88. The Hall–Kier alpha value is -1.88. The lowest BCUT2D eigenvalue weighted by atomic mass is 9.75. The van der Waals surface area contributed by atoms with Crippen LogP contribution in [0.3, 0.4) is 0 Å². The molecule has 1 aromatic rings. The molecule has 144 valence electrons. The first-order valence-corrected chi connectivity index (χ1v) is 9.64. The summed E-state index contributed by atoms with van der Waals surface area (Å²) in [4.78, 5) is 24.4. The number of hydrogen-bond acceptors (Lipinski definition) is 4. The second-order valence-electron chi connectivity index (χ2n) is 7.79. The lowest BCUT2D eigenvalue weighted by molar-refractivity contribution is -0.156. The van der Waals surface area contributed by atoms with Gasteiger partial charge in [-0.15, -0.1) is 0 Å². The summed E-state index contributed by atoms with van der Waals surface area (Å²) in [6, 6.07) is 9.06. The van der Waals surface area contributed by atoms with Crippen molar-refractivity contribution in [2.75, 3.05) is 6.54 Å². The van der Waals surface area contributed by atoms with Crippen LogP contribution in [0, 0.1) is 17.8 Å². The highest BCUT2D eigenvalue weighted by Gasteiger charge is 2.34. The minimum absolute atomic E-state index is 0.0344. The van der Waals surface area contributed by atoms with Gasteiger partial charge < -0.3 is 15.8 Å². The van der Waals surface area contributed by atoms with Gasteiger partial charge in [0.2, 0.25) is 5.91 Å². The van der Waals surface area contributed by atoms with E-state index in [1.54, 1.807) is 0 Å². The number of carbonyl (C=O) groups is 2. The molecule has 0 spiro atoms. The van der Waals surface area contributed by atoms with Crippen LogP contribution in [0.5, 0.6) is 0 Å². The normalized spacial score (nSPS) is 24.1. The van der Waals surface area contributed by atoms with Gasteiger partial charge in [-0.2, -0.15) is 0 Å². The average molecular weight is 360 g/mol. The highest BCUT2D eigenvalue weighted by Crippen LogP contribution is 2.35. The van der Waals surface area contributed by atoms with Crippen LogP contribution in [-0.2, 0) is 14.3 Å². The topological polar surface area (TPSA) is 81.4 Å². The Labute approximate surface area is 156 Å². The third-order valence-corrected chi connectivity index (χ3v) is 5.34. The van der Waals surface area contributed by atoms with E-state index in [4.69, 9.17) is 10.5 Å². The van der Waals surface area contributed by atoms with Crippen molar-refractivity contribution in [1.82, 2.24) is 5.32 Å². The summed E-state index contributed by atoms with van der Waals surface area (Å²) in [5, 5.41) is 2.83. The van der Waals surface area contributed by atoms with Crippen molar-refractivity contribution in [1.29, 1.82) is 0 Å². The van der Waals surface area contributed by atoms with Gasteiger partial charge >= 0.3 is 5.97 Å². The summed E-state index contributed by atoms with van der Waals surface area (Å²) in [6.45, 7) is 6.49. The third-order valence-electron chi connectivity index (χ3n) is 5.34. The van der Waals surface area contributed by atoms with Crippen molar-refractivity contribution >= 4 is 11.9 Å². The fourth-order valence-electron chi connectivity index (χ4n) is 3.82. The Morgan fingerprint density at radius 2 is 1.92 bits per heavy atom. The molecule has 0 radical (unpaired) electrons. The van der Waals surface area contributed by atoms with Gasteiger partial charge in [-0.3, -0.25) is 9.59 Å². The molecular weight excluding hydrogens is 328 g/mol. The number of esters is 1. The molecule has 0 saturated heterocycles. The molecule has 0 aliphatic heterocycles. The van der Waals surface area contributed by atoms with E-state index < -0.39 is 6.04 Å². The lowest BCUT2D eigenvalue weighted by Gasteiger charge is -2.37. The largest absolute Gasteiger partial charge is 0.462 e. The Morgan fingerprint density at radius 3 is 2.54 bits per heavy atom. The van der Waals surface area contributed by atoms with Crippen molar-refractivity contribution in [2.45, 2.75) is 58.6 Å². The minimum atomic E-state index is -0.418. The van der Waals surface area contributed by atoms with E-state index in [-0.39, 0.29) is 30.9 Å². The number of rotatable bonds is 7. The van der Waals surface area contributed by atoms with E-state index in [0.717, 1.165) is 18.4 Å². The van der Waals surface area contributed by atoms with Gasteiger partial charge in [-0.25, -0.2) is 0 Å². The molecule has 0 heterocycles. The minimum Gasteiger partial charge on any atom is -0.462 e. The standard InChI is InChI=1S/C21H32N2O3/c1-14(2)17-10-9-15(3)11-19(17)26-21(25)12-18(23-20(24)13-22)16-7-5-4-6-8-16/h4-8,14-15,17-19H,9-13,22H2,1-3H3,(H,23,24)/t15-,17?,18-,19+/m1/s1. The van der Waals surface area contributed by atoms with E-state index >= 15 is 0 Å². The van der Waals surface area contributed by atoms with Gasteiger partial charge in [-0.05, 0) is 36.2 Å². The van der Waals surface area contributed by atoms with Crippen molar-refractivity contribution < 1.29 is 14.3 Å². The molecule has 1 aliphatic carbocycles. The monoisotopic (exact) mass is 360 g/mol. The van der Waals surface area contributed by atoms with Crippen LogP contribution < -0.4 is 11.1 Å². The molecule has 0 aromatic heterocycles. The molecule has 1 unspecified atom stereocenters. The molecule has 1 fully saturated rings. The molecule has 1 aromatic carbocycles. The number of benzene rings is 1. The van der Waals surface area contributed by atoms with Gasteiger partial charge in [0.15, 0.2) is 0 Å². The molecule has 1 saturated carbocycles. The van der Waals surface area contributed by atoms with Crippen LogP contribution in [0.25, 0.3) is 0 Å². The predicted molar refractivity (Wildman–Crippen MR) is 102 cm³/mol. The summed E-state index contributed by atoms with van der Waals surface area (Å²) >= 11 is 0. The lowest BCUT2D eigenvalue weighted by Crippen LogP contribution is -2.38. The molecule has 5 nitrogen and oxygen atoms in total. The van der Waals surface area contributed by atoms with Crippen molar-refractivity contribution in [3.63, 3.8) is 0 Å². The average Bonchev–Trinajstić information content (AvgIpc) is 2.61. The molecule has 4 atom stereocenters. The van der Waals surface area contributed by atoms with Crippen LogP contribution in [0.4, 0.5) is 0 Å². The molecule has 3 N–H and O–H groups in total. The Bertz CT molecular complexity index is 588. The first kappa shape index (κ1) is 20.4. The number of ether oxygens (including phenoxy) is 1. The van der Waals surface area contributed by atoms with Crippen LogP contribution in [0.1, 0.15) is 58.1 Å². The van der Waals surface area contributed by atoms with Gasteiger partial charge in [-0.1, -0.05) is 57.5 Å². The fraction of sp³-hybridized carbons (Fsp3) is 0.619. The molecule has 1 aliphatic rings. The fourth-order valence-corrected chi connectivity index (χ4v) is 3.82. The van der Waals surface area contributed by atoms with E-state index in [2.05, 4.69) is 26.1 Å². The first-order valence-electron chi connectivity index (χ1n) is 9.64. The maximum atomic E-state index is 12.6. The number of amides is 1. The second kappa shape index (κ2) is 9.72. The maximum Gasteiger partial charge on any atom is 0.308 e. The number of carbonyl (C=O) groups excluding carboxylic acids is 2. The van der Waals surface area contributed by atoms with Gasteiger partial charge in [0.1, 0.15) is 6.10 Å². The highest BCUT2D eigenvalue weighted by atomic mass is 16.5. The van der Waals surface area contributed by atoms with Crippen LogP contribution in [-0.4, -0.2) is 24.5 Å². The molecule has 2 rings (SSSR count). The quantitative estimate of drug-likeness (QED) is 0.732. The van der Waals surface area contributed by atoms with Crippen LogP contribution in [0.15, 0.2) is 30.3 Å². The van der Waals surface area contributed by atoms with Crippen LogP contribution in [0.2, 0.25) is 0 Å². The summed E-state index contributed by atoms with van der Waals surface area (Å²) in [5.74, 6) is 0.926. The Kier molecular flexibility index (Phi) is 7.64. The van der Waals surface area contributed by atoms with Gasteiger partial charge in [0.25, 0.3) is 0 Å². The molecule has 26 heavy (non-hydrogen) atoms. The second-order valence-corrected chi connectivity index (χ2v) is 7.79. The van der Waals surface area contributed by atoms with E-state index in [1.165, 1.54) is 6.42 Å². The summed E-state index contributed by atoms with van der Waals surface area (Å²) in [5.41, 5.74) is 6.30. The summed E-state index contributed by atoms with van der Waals surface area (Å²) in [6.07, 6.45) is 3.29. The maximum absolute atomic E-state index is 12.6. The molecule has 0 bridgehead atoms.